The monoisotopic (exact) mass is 472 g/mol. The Morgan fingerprint density at radius 1 is 1.07 bits per heavy atom. The van der Waals surface area contributed by atoms with Gasteiger partial charge in [-0.2, -0.15) is 0 Å². The molecule has 0 spiro atoms. The minimum Gasteiger partial charge on any atom is -0.258 e. The lowest BCUT2D eigenvalue weighted by Crippen LogP contribution is -2.41. The largest absolute Gasteiger partial charge is 0.269 e. The van der Waals surface area contributed by atoms with Crippen LogP contribution in [0.2, 0.25) is 0 Å². The smallest absolute Gasteiger partial charge is 0.258 e. The lowest BCUT2D eigenvalue weighted by atomic mass is 10.2. The third kappa shape index (κ3) is 4.04. The van der Waals surface area contributed by atoms with Gasteiger partial charge in [-0.3, -0.25) is 14.4 Å². The van der Waals surface area contributed by atoms with E-state index in [2.05, 4.69) is 15.9 Å². The number of sulfonamides is 1. The van der Waals surface area contributed by atoms with Gasteiger partial charge in [0.1, 0.15) is 0 Å². The first-order valence-corrected chi connectivity index (χ1v) is 11.5. The van der Waals surface area contributed by atoms with Crippen molar-refractivity contribution in [2.24, 2.45) is 0 Å². The summed E-state index contributed by atoms with van der Waals surface area (Å²) in [5, 5.41) is 11.8. The minimum absolute atomic E-state index is 0.172. The van der Waals surface area contributed by atoms with E-state index in [0.29, 0.717) is 0 Å². The molecule has 0 N–H and O–H groups in total. The first-order chi connectivity index (χ1) is 12.6. The summed E-state index contributed by atoms with van der Waals surface area (Å²) in [4.78, 5) is 9.99. The molecule has 0 saturated carbocycles. The Morgan fingerprint density at radius 3 is 2.15 bits per heavy atom. The van der Waals surface area contributed by atoms with Crippen LogP contribution in [0.3, 0.4) is 0 Å². The summed E-state index contributed by atoms with van der Waals surface area (Å²) in [5.41, 5.74) is 0.0378. The van der Waals surface area contributed by atoms with E-state index in [-0.39, 0.29) is 22.0 Å². The number of nitro groups is 1. The molecule has 2 aromatic rings. The van der Waals surface area contributed by atoms with E-state index >= 15 is 0 Å². The second-order valence-electron chi connectivity index (χ2n) is 5.75. The Morgan fingerprint density at radius 2 is 1.67 bits per heavy atom. The molecule has 0 aromatic heterocycles. The maximum Gasteiger partial charge on any atom is 0.269 e. The van der Waals surface area contributed by atoms with Gasteiger partial charge in [0.2, 0.25) is 0 Å². The number of nitrogens with zero attached hydrogens (tertiary/aromatic N) is 2. The van der Waals surface area contributed by atoms with E-state index in [1.807, 2.05) is 0 Å². The summed E-state index contributed by atoms with van der Waals surface area (Å²) in [6, 6.07) is 9.90. The third-order valence-electron chi connectivity index (χ3n) is 3.90. The van der Waals surface area contributed by atoms with Gasteiger partial charge in [-0.1, -0.05) is 15.9 Å². The van der Waals surface area contributed by atoms with Gasteiger partial charge >= 0.3 is 0 Å². The number of sulfone groups is 1. The lowest BCUT2D eigenvalue weighted by molar-refractivity contribution is -0.384. The maximum atomic E-state index is 13.2. The van der Waals surface area contributed by atoms with Crippen LogP contribution in [0.4, 0.5) is 11.4 Å². The molecule has 27 heavy (non-hydrogen) atoms. The van der Waals surface area contributed by atoms with Crippen LogP contribution in [0.5, 0.6) is 0 Å². The van der Waals surface area contributed by atoms with Crippen molar-refractivity contribution in [1.82, 2.24) is 0 Å². The Labute approximate surface area is 164 Å². The van der Waals surface area contributed by atoms with Crippen molar-refractivity contribution < 1.29 is 21.8 Å². The van der Waals surface area contributed by atoms with E-state index in [0.717, 1.165) is 38.5 Å². The molecule has 2 aromatic carbocycles. The SMILES string of the molecule is O=[N+]([O-])c1ccc(S(=O)(=O)N(c2ccc(Br)cc2)C2C=CS(=O)(=O)C2)cc1. The molecule has 11 heteroatoms. The maximum absolute atomic E-state index is 13.2. The first kappa shape index (κ1) is 19.5. The summed E-state index contributed by atoms with van der Waals surface area (Å²) in [6.45, 7) is 0. The zero-order valence-corrected chi connectivity index (χ0v) is 16.8. The lowest BCUT2D eigenvalue weighted by Gasteiger charge is -2.29. The third-order valence-corrected chi connectivity index (χ3v) is 7.67. The van der Waals surface area contributed by atoms with E-state index in [1.54, 1.807) is 24.3 Å². The molecule has 0 bridgehead atoms. The predicted octanol–water partition coefficient (Wildman–Crippen LogP) is 2.86. The molecule has 0 aliphatic carbocycles. The molecule has 1 unspecified atom stereocenters. The van der Waals surface area contributed by atoms with Crippen LogP contribution < -0.4 is 4.31 Å². The van der Waals surface area contributed by atoms with Gasteiger partial charge < -0.3 is 0 Å². The molecule has 1 aliphatic rings. The number of anilines is 1. The van der Waals surface area contributed by atoms with E-state index < -0.39 is 30.8 Å². The fourth-order valence-electron chi connectivity index (χ4n) is 2.66. The Kier molecular flexibility index (Phi) is 5.10. The predicted molar refractivity (Wildman–Crippen MR) is 104 cm³/mol. The fourth-order valence-corrected chi connectivity index (χ4v) is 5.89. The number of hydrogen-bond donors (Lipinski definition) is 0. The normalized spacial score (nSPS) is 18.3. The van der Waals surface area contributed by atoms with Crippen molar-refractivity contribution in [3.63, 3.8) is 0 Å². The number of halogens is 1. The average Bonchev–Trinajstić information content (AvgIpc) is 2.96. The number of rotatable bonds is 5. The molecule has 1 heterocycles. The Bertz CT molecular complexity index is 1110. The van der Waals surface area contributed by atoms with Crippen molar-refractivity contribution in [2.45, 2.75) is 10.9 Å². The highest BCUT2D eigenvalue weighted by atomic mass is 79.9. The van der Waals surface area contributed by atoms with Gasteiger partial charge in [-0.25, -0.2) is 16.8 Å². The zero-order valence-electron chi connectivity index (χ0n) is 13.6. The molecular weight excluding hydrogens is 460 g/mol. The second kappa shape index (κ2) is 7.06. The number of nitro benzene ring substituents is 1. The highest BCUT2D eigenvalue weighted by molar-refractivity contribution is 9.10. The quantitative estimate of drug-likeness (QED) is 0.487. The van der Waals surface area contributed by atoms with Gasteiger partial charge in [0.25, 0.3) is 15.7 Å². The molecule has 142 valence electrons. The molecule has 0 amide bonds. The molecule has 3 rings (SSSR count). The molecule has 0 fully saturated rings. The van der Waals surface area contributed by atoms with Gasteiger partial charge in [0.05, 0.1) is 27.3 Å². The molecule has 0 radical (unpaired) electrons. The average molecular weight is 473 g/mol. The minimum atomic E-state index is -4.16. The highest BCUT2D eigenvalue weighted by Crippen LogP contribution is 2.31. The molecule has 0 saturated heterocycles. The van der Waals surface area contributed by atoms with Crippen LogP contribution in [-0.4, -0.2) is 33.6 Å². The van der Waals surface area contributed by atoms with Crippen LogP contribution in [0.1, 0.15) is 0 Å². The van der Waals surface area contributed by atoms with E-state index in [4.69, 9.17) is 0 Å². The summed E-state index contributed by atoms with van der Waals surface area (Å²) >= 11 is 3.27. The summed E-state index contributed by atoms with van der Waals surface area (Å²) < 4.78 is 51.8. The second-order valence-corrected chi connectivity index (χ2v) is 10.4. The van der Waals surface area contributed by atoms with Crippen molar-refractivity contribution in [1.29, 1.82) is 0 Å². The summed E-state index contributed by atoms with van der Waals surface area (Å²) in [5.74, 6) is -0.380. The molecule has 1 atom stereocenters. The highest BCUT2D eigenvalue weighted by Gasteiger charge is 2.36. The fraction of sp³-hybridized carbons (Fsp3) is 0.125. The Hall–Kier alpha value is -2.24. The van der Waals surface area contributed by atoms with Crippen LogP contribution in [0.15, 0.2) is 69.4 Å². The number of non-ortho nitro benzene ring substituents is 1. The van der Waals surface area contributed by atoms with E-state index in [9.17, 15) is 26.9 Å². The van der Waals surface area contributed by atoms with Crippen LogP contribution >= 0.6 is 15.9 Å². The van der Waals surface area contributed by atoms with Crippen molar-refractivity contribution in [2.75, 3.05) is 10.1 Å². The Balaban J connectivity index is 2.10. The van der Waals surface area contributed by atoms with Gasteiger partial charge in [-0.15, -0.1) is 0 Å². The van der Waals surface area contributed by atoms with Gasteiger partial charge in [0.15, 0.2) is 9.84 Å². The van der Waals surface area contributed by atoms with Crippen molar-refractivity contribution in [3.05, 3.63) is 74.6 Å². The van der Waals surface area contributed by atoms with Crippen LogP contribution in [-0.2, 0) is 19.9 Å². The van der Waals surface area contributed by atoms with Gasteiger partial charge in [0, 0.05) is 22.0 Å². The van der Waals surface area contributed by atoms with Crippen LogP contribution in [0.25, 0.3) is 0 Å². The van der Waals surface area contributed by atoms with Crippen LogP contribution in [0, 0.1) is 10.1 Å². The van der Waals surface area contributed by atoms with Crippen molar-refractivity contribution in [3.8, 4) is 0 Å². The van der Waals surface area contributed by atoms with Crippen molar-refractivity contribution >= 4 is 47.2 Å². The molecule has 8 nitrogen and oxygen atoms in total. The number of benzene rings is 2. The molecular formula is C16H13BrN2O6S2. The topological polar surface area (TPSA) is 115 Å². The van der Waals surface area contributed by atoms with E-state index in [1.165, 1.54) is 6.08 Å². The first-order valence-electron chi connectivity index (χ1n) is 7.55. The zero-order chi connectivity index (χ0) is 19.8. The van der Waals surface area contributed by atoms with Gasteiger partial charge in [-0.05, 0) is 42.5 Å². The molecule has 1 aliphatic heterocycles. The standard InChI is InChI=1S/C16H13BrN2O6S2/c17-12-1-3-13(4-2-12)18(15-9-10-26(22,23)11-15)27(24,25)16-7-5-14(6-8-16)19(20)21/h1-10,15H,11H2. The summed E-state index contributed by atoms with van der Waals surface area (Å²) in [7, 11) is -7.67. The number of hydrogen-bond acceptors (Lipinski definition) is 6. The summed E-state index contributed by atoms with van der Waals surface area (Å²) in [6.07, 6.45) is 1.32.